The molecule has 0 saturated carbocycles. The second-order valence-corrected chi connectivity index (χ2v) is 22.7. The molecule has 75 heavy (non-hydrogen) atoms. The topological polar surface area (TPSA) is 43.4 Å². The van der Waals surface area contributed by atoms with E-state index in [0.29, 0.717) is 40.4 Å². The van der Waals surface area contributed by atoms with Crippen LogP contribution in [0.4, 0.5) is 13.2 Å². The van der Waals surface area contributed by atoms with E-state index in [0.717, 1.165) is 11.1 Å². The molecule has 0 amide bonds. The van der Waals surface area contributed by atoms with Gasteiger partial charge in [-0.3, -0.25) is 0 Å². The van der Waals surface area contributed by atoms with Gasteiger partial charge in [0.2, 0.25) is 0 Å². The lowest BCUT2D eigenvalue weighted by Crippen LogP contribution is -2.17. The lowest BCUT2D eigenvalue weighted by atomic mass is 9.96. The summed E-state index contributed by atoms with van der Waals surface area (Å²) in [6, 6.07) is 64.5. The average molecular weight is 1040 g/mol. The smallest absolute Gasteiger partial charge is 0.406 e. The molecule has 0 N–H and O–H groups in total. The van der Waals surface area contributed by atoms with Crippen molar-refractivity contribution in [2.24, 2.45) is 0 Å². The van der Waals surface area contributed by atoms with E-state index in [9.17, 15) is 21.6 Å². The summed E-state index contributed by atoms with van der Waals surface area (Å²) in [5, 5.41) is 2.73. The van der Waals surface area contributed by atoms with Crippen molar-refractivity contribution in [3.8, 4) is 16.9 Å². The molecule has 0 atom stereocenters. The van der Waals surface area contributed by atoms with Gasteiger partial charge in [0, 0.05) is 6.26 Å². The lowest BCUT2D eigenvalue weighted by molar-refractivity contribution is -0.274. The minimum atomic E-state index is -4.61. The zero-order chi connectivity index (χ0) is 55.9. The molecular weight excluding hydrogens is 954 g/mol. The van der Waals surface area contributed by atoms with Crippen LogP contribution in [-0.4, -0.2) is 21.0 Å². The van der Waals surface area contributed by atoms with Crippen molar-refractivity contribution in [2.75, 3.05) is 6.26 Å². The van der Waals surface area contributed by atoms with Crippen molar-refractivity contribution in [3.63, 3.8) is 0 Å². The molecule has 0 fully saturated rings. The Labute approximate surface area is 450 Å². The largest absolute Gasteiger partial charge is 0.573 e. The molecule has 8 aromatic carbocycles. The van der Waals surface area contributed by atoms with Crippen molar-refractivity contribution < 1.29 is 26.3 Å². The first-order chi connectivity index (χ1) is 35.3. The molecule has 3 nitrogen and oxygen atoms in total. The fourth-order valence-electron chi connectivity index (χ4n) is 7.88. The van der Waals surface area contributed by atoms with Gasteiger partial charge in [0.25, 0.3) is 0 Å². The predicted molar refractivity (Wildman–Crippen MR) is 315 cm³/mol. The van der Waals surface area contributed by atoms with E-state index in [4.69, 9.17) is 0 Å². The minimum Gasteiger partial charge on any atom is -0.406 e. The van der Waals surface area contributed by atoms with Crippen LogP contribution in [0.3, 0.4) is 0 Å². The zero-order valence-electron chi connectivity index (χ0n) is 47.2. The van der Waals surface area contributed by atoms with Crippen molar-refractivity contribution >= 4 is 20.6 Å². The molecule has 8 aromatic rings. The number of hydrogen-bond acceptors (Lipinski definition) is 3. The molecule has 0 unspecified atom stereocenters. The molecule has 400 valence electrons. The monoisotopic (exact) mass is 1040 g/mol. The van der Waals surface area contributed by atoms with Crippen LogP contribution >= 0.6 is 0 Å². The van der Waals surface area contributed by atoms with Gasteiger partial charge >= 0.3 is 6.36 Å². The van der Waals surface area contributed by atoms with Crippen molar-refractivity contribution in [1.29, 1.82) is 0 Å². The highest BCUT2D eigenvalue weighted by molar-refractivity contribution is 7.90. The van der Waals surface area contributed by atoms with E-state index in [2.05, 4.69) is 233 Å². The Hall–Kier alpha value is -6.44. The number of hydrogen-bond donors (Lipinski definition) is 0. The SMILES string of the molecule is CC(C)c1ccc(OC(F)(F)F)cc1.CC(C)c1ccc(S(C)(=O)=O)cc1.CC(C)c1cccc(-c2ccccc2)c1.CC(C)c1cccc2ccccc12.Cc1cccc(C(C)C)c1.Cc1ccccc1C(C)C. The minimum absolute atomic E-state index is 0.179. The quantitative estimate of drug-likeness (QED) is 0.145. The highest BCUT2D eigenvalue weighted by Crippen LogP contribution is 2.27. The third-order valence-electron chi connectivity index (χ3n) is 12.4. The molecule has 0 bridgehead atoms. The van der Waals surface area contributed by atoms with Gasteiger partial charge in [-0.25, -0.2) is 8.42 Å². The summed E-state index contributed by atoms with van der Waals surface area (Å²) in [7, 11) is -3.05. The summed E-state index contributed by atoms with van der Waals surface area (Å²) in [5.41, 5.74) is 13.2. The Morgan fingerprint density at radius 2 is 0.827 bits per heavy atom. The summed E-state index contributed by atoms with van der Waals surface area (Å²) in [6.07, 6.45) is -3.39. The molecule has 0 saturated heterocycles. The average Bonchev–Trinajstić information content (AvgIpc) is 3.37. The molecule has 0 aliphatic carbocycles. The van der Waals surface area contributed by atoms with Crippen LogP contribution in [0.15, 0.2) is 199 Å². The number of benzene rings is 8. The summed E-state index contributed by atoms with van der Waals surface area (Å²) >= 11 is 0. The van der Waals surface area contributed by atoms with Crippen LogP contribution in [-0.2, 0) is 9.84 Å². The Morgan fingerprint density at radius 3 is 1.29 bits per heavy atom. The molecule has 0 spiro atoms. The van der Waals surface area contributed by atoms with Crippen LogP contribution in [0, 0.1) is 13.8 Å². The number of alkyl halides is 3. The van der Waals surface area contributed by atoms with E-state index < -0.39 is 16.2 Å². The Kier molecular flexibility index (Phi) is 25.8. The maximum atomic E-state index is 11.8. The van der Waals surface area contributed by atoms with Crippen LogP contribution < -0.4 is 4.74 Å². The first-order valence-electron chi connectivity index (χ1n) is 26.2. The molecule has 7 heteroatoms. The van der Waals surface area contributed by atoms with E-state index in [1.807, 2.05) is 26.0 Å². The summed E-state index contributed by atoms with van der Waals surface area (Å²) < 4.78 is 61.3. The second-order valence-electron chi connectivity index (χ2n) is 20.7. The first-order valence-corrected chi connectivity index (χ1v) is 28.1. The van der Waals surface area contributed by atoms with Crippen molar-refractivity contribution in [2.45, 2.75) is 144 Å². The number of rotatable bonds is 9. The maximum absolute atomic E-state index is 11.8. The van der Waals surface area contributed by atoms with Gasteiger partial charge in [0.15, 0.2) is 9.84 Å². The van der Waals surface area contributed by atoms with Crippen LogP contribution in [0.5, 0.6) is 5.75 Å². The van der Waals surface area contributed by atoms with Gasteiger partial charge < -0.3 is 4.74 Å². The van der Waals surface area contributed by atoms with Crippen molar-refractivity contribution in [3.05, 3.63) is 239 Å². The van der Waals surface area contributed by atoms with Gasteiger partial charge in [-0.2, -0.15) is 0 Å². The summed E-state index contributed by atoms with van der Waals surface area (Å²) in [6.45, 7) is 30.2. The molecule has 0 aliphatic rings. The molecule has 0 heterocycles. The van der Waals surface area contributed by atoms with Crippen LogP contribution in [0.25, 0.3) is 21.9 Å². The fraction of sp³-hybridized carbons (Fsp3) is 0.324. The molecule has 0 aromatic heterocycles. The zero-order valence-corrected chi connectivity index (χ0v) is 48.0. The molecule has 8 rings (SSSR count). The summed E-state index contributed by atoms with van der Waals surface area (Å²) in [5.74, 6) is 3.06. The fourth-order valence-corrected chi connectivity index (χ4v) is 8.51. The van der Waals surface area contributed by atoms with E-state index in [-0.39, 0.29) is 5.75 Å². The van der Waals surface area contributed by atoms with E-state index in [1.54, 1.807) is 24.3 Å². The number of fused-ring (bicyclic) bond motifs is 1. The third kappa shape index (κ3) is 22.9. The molecule has 0 aliphatic heterocycles. The van der Waals surface area contributed by atoms with Gasteiger partial charge in [-0.1, -0.05) is 259 Å². The maximum Gasteiger partial charge on any atom is 0.573 e. The molecular formula is C68H83F3O3S. The van der Waals surface area contributed by atoms with Crippen LogP contribution in [0.1, 0.15) is 163 Å². The normalized spacial score (nSPS) is 11.1. The van der Waals surface area contributed by atoms with Gasteiger partial charge in [0.05, 0.1) is 4.90 Å². The highest BCUT2D eigenvalue weighted by Gasteiger charge is 2.31. The standard InChI is InChI=1S/C15H16.C13H14.C10H11F3O.C10H14O2S.2C10H14/c1-12(2)14-9-6-10-15(11-14)13-7-4-3-5-8-13;1-10(2)12-9-5-7-11-6-3-4-8-13(11)12;1-7(2)8-3-5-9(6-4-8)14-10(11,12)13;1-8(2)9-4-6-10(7-5-9)13(3,11)12;1-8(2)10-6-4-5-9(3)7-10;1-8(2)10-7-5-4-6-9(10)3/h3-12H,1-2H3;3-10H,1-2H3;3-7H,1-2H3;4-8H,1-3H3;2*4-8H,1-3H3. The third-order valence-corrected chi connectivity index (χ3v) is 13.5. The lowest BCUT2D eigenvalue weighted by Gasteiger charge is -2.10. The predicted octanol–water partition coefficient (Wildman–Crippen LogP) is 20.6. The van der Waals surface area contributed by atoms with E-state index in [1.165, 1.54) is 73.7 Å². The Bertz CT molecular complexity index is 2980. The van der Waals surface area contributed by atoms with Crippen molar-refractivity contribution in [1.82, 2.24) is 0 Å². The Morgan fingerprint density at radius 1 is 0.400 bits per heavy atom. The summed E-state index contributed by atoms with van der Waals surface area (Å²) in [4.78, 5) is 0.386. The first kappa shape index (κ1) is 62.9. The van der Waals surface area contributed by atoms with Gasteiger partial charge in [0.1, 0.15) is 5.75 Å². The Balaban J connectivity index is 0.000000239. The molecule has 0 radical (unpaired) electrons. The van der Waals surface area contributed by atoms with Crippen LogP contribution in [0.2, 0.25) is 0 Å². The number of sulfone groups is 1. The number of aryl methyl sites for hydroxylation is 2. The van der Waals surface area contributed by atoms with E-state index >= 15 is 0 Å². The van der Waals surface area contributed by atoms with Gasteiger partial charge in [-0.15, -0.1) is 13.2 Å². The highest BCUT2D eigenvalue weighted by atomic mass is 32.2. The number of ether oxygens (including phenoxy) is 1. The van der Waals surface area contributed by atoms with Gasteiger partial charge in [-0.05, 0) is 134 Å². The second kappa shape index (κ2) is 30.8. The number of halogens is 3.